The first kappa shape index (κ1) is 18.9. The van der Waals surface area contributed by atoms with Gasteiger partial charge in [-0.3, -0.25) is 4.79 Å². The molecule has 0 saturated heterocycles. The Kier molecular flexibility index (Phi) is 5.16. The van der Waals surface area contributed by atoms with Gasteiger partial charge in [0.1, 0.15) is 11.1 Å². The Morgan fingerprint density at radius 1 is 1.04 bits per heavy atom. The van der Waals surface area contributed by atoms with Crippen molar-refractivity contribution in [3.05, 3.63) is 81.7 Å². The Morgan fingerprint density at radius 3 is 2.22 bits per heavy atom. The first-order chi connectivity index (χ1) is 12.8. The number of para-hydroxylation sites is 1. The van der Waals surface area contributed by atoms with Crippen molar-refractivity contribution in [1.29, 1.82) is 5.26 Å². The van der Waals surface area contributed by atoms with Crippen molar-refractivity contribution < 1.29 is 4.79 Å². The summed E-state index contributed by atoms with van der Waals surface area (Å²) in [6.45, 7) is 8.28. The second-order valence-electron chi connectivity index (χ2n) is 7.52. The molecule has 0 aliphatic carbocycles. The largest absolute Gasteiger partial charge is 0.346 e. The average Bonchev–Trinajstić information content (AvgIpc) is 2.96. The van der Waals surface area contributed by atoms with E-state index in [9.17, 15) is 10.1 Å². The number of nitriles is 1. The van der Waals surface area contributed by atoms with Crippen molar-refractivity contribution in [2.75, 3.05) is 5.32 Å². The summed E-state index contributed by atoms with van der Waals surface area (Å²) in [5.74, 6) is -0.0458. The van der Waals surface area contributed by atoms with Gasteiger partial charge in [-0.05, 0) is 35.6 Å². The fourth-order valence-electron chi connectivity index (χ4n) is 2.86. The van der Waals surface area contributed by atoms with E-state index in [-0.39, 0.29) is 11.2 Å². The highest BCUT2D eigenvalue weighted by atomic mass is 32.1. The van der Waals surface area contributed by atoms with Gasteiger partial charge in [-0.2, -0.15) is 5.26 Å². The first-order valence-electron chi connectivity index (χ1n) is 8.82. The van der Waals surface area contributed by atoms with Gasteiger partial charge in [-0.1, -0.05) is 63.2 Å². The van der Waals surface area contributed by atoms with E-state index in [1.807, 2.05) is 61.5 Å². The summed E-state index contributed by atoms with van der Waals surface area (Å²) in [5.41, 5.74) is 4.02. The number of anilines is 2. The smallest absolute Gasteiger partial charge is 0.203 e. The Hall–Kier alpha value is -2.90. The van der Waals surface area contributed by atoms with E-state index in [0.29, 0.717) is 21.0 Å². The van der Waals surface area contributed by atoms with Crippen LogP contribution in [-0.2, 0) is 5.41 Å². The van der Waals surface area contributed by atoms with E-state index in [1.54, 1.807) is 0 Å². The standard InChI is InChI=1S/C23H22N2OS/c1-15-19(14-24)22(25-18-8-6-5-7-9-18)27-21(15)20(26)16-10-12-17(13-11-16)23(2,3)4/h5-13,25H,1-4H3. The topological polar surface area (TPSA) is 52.9 Å². The molecule has 0 unspecified atom stereocenters. The zero-order valence-corrected chi connectivity index (χ0v) is 16.8. The molecule has 0 aliphatic heterocycles. The van der Waals surface area contributed by atoms with Crippen molar-refractivity contribution >= 4 is 27.8 Å². The molecule has 0 bridgehead atoms. The molecule has 2 aromatic carbocycles. The van der Waals surface area contributed by atoms with Crippen LogP contribution >= 0.6 is 11.3 Å². The third-order valence-electron chi connectivity index (χ3n) is 4.51. The predicted octanol–water partition coefficient (Wildman–Crippen LogP) is 6.20. The lowest BCUT2D eigenvalue weighted by molar-refractivity contribution is 0.104. The van der Waals surface area contributed by atoms with Crippen LogP contribution in [0.15, 0.2) is 54.6 Å². The van der Waals surface area contributed by atoms with Gasteiger partial charge in [0, 0.05) is 11.3 Å². The maximum absolute atomic E-state index is 13.0. The molecule has 27 heavy (non-hydrogen) atoms. The Balaban J connectivity index is 1.95. The van der Waals surface area contributed by atoms with E-state index in [1.165, 1.54) is 16.9 Å². The summed E-state index contributed by atoms with van der Waals surface area (Å²) >= 11 is 1.34. The third kappa shape index (κ3) is 3.94. The van der Waals surface area contributed by atoms with Crippen LogP contribution in [0.3, 0.4) is 0 Å². The minimum Gasteiger partial charge on any atom is -0.346 e. The van der Waals surface area contributed by atoms with Gasteiger partial charge in [-0.25, -0.2) is 0 Å². The van der Waals surface area contributed by atoms with Crippen LogP contribution in [-0.4, -0.2) is 5.78 Å². The molecule has 4 heteroatoms. The minimum atomic E-state index is -0.0458. The van der Waals surface area contributed by atoms with Crippen molar-refractivity contribution in [1.82, 2.24) is 0 Å². The number of nitrogens with zero attached hydrogens (tertiary/aromatic N) is 1. The van der Waals surface area contributed by atoms with Gasteiger partial charge in [0.05, 0.1) is 10.4 Å². The molecule has 1 N–H and O–H groups in total. The zero-order chi connectivity index (χ0) is 19.6. The molecule has 0 aliphatic rings. The van der Waals surface area contributed by atoms with Crippen LogP contribution in [0.5, 0.6) is 0 Å². The molecule has 0 saturated carbocycles. The predicted molar refractivity (Wildman–Crippen MR) is 112 cm³/mol. The van der Waals surface area contributed by atoms with Gasteiger partial charge >= 0.3 is 0 Å². The quantitative estimate of drug-likeness (QED) is 0.553. The lowest BCUT2D eigenvalue weighted by Gasteiger charge is -2.18. The van der Waals surface area contributed by atoms with Gasteiger partial charge < -0.3 is 5.32 Å². The fraction of sp³-hybridized carbons (Fsp3) is 0.217. The normalized spacial score (nSPS) is 11.1. The maximum Gasteiger partial charge on any atom is 0.203 e. The highest BCUT2D eigenvalue weighted by Crippen LogP contribution is 2.36. The molecule has 1 aromatic heterocycles. The van der Waals surface area contributed by atoms with E-state index in [2.05, 4.69) is 32.2 Å². The van der Waals surface area contributed by atoms with Gasteiger partial charge in [-0.15, -0.1) is 11.3 Å². The molecular weight excluding hydrogens is 352 g/mol. The van der Waals surface area contributed by atoms with Crippen LogP contribution < -0.4 is 5.32 Å². The van der Waals surface area contributed by atoms with Crippen molar-refractivity contribution in [2.45, 2.75) is 33.1 Å². The molecular formula is C23H22N2OS. The van der Waals surface area contributed by atoms with Gasteiger partial charge in [0.2, 0.25) is 5.78 Å². The molecule has 3 aromatic rings. The van der Waals surface area contributed by atoms with Crippen LogP contribution in [0.25, 0.3) is 0 Å². The third-order valence-corrected chi connectivity index (χ3v) is 5.72. The Bertz CT molecular complexity index is 1000. The second kappa shape index (κ2) is 7.38. The number of nitrogens with one attached hydrogen (secondary N) is 1. The van der Waals surface area contributed by atoms with E-state index in [0.717, 1.165) is 11.3 Å². The van der Waals surface area contributed by atoms with Crippen LogP contribution in [0, 0.1) is 18.3 Å². The Labute approximate surface area is 164 Å². The molecule has 3 rings (SSSR count). The molecule has 0 amide bonds. The van der Waals surface area contributed by atoms with E-state index < -0.39 is 0 Å². The van der Waals surface area contributed by atoms with Crippen LogP contribution in [0.1, 0.15) is 52.7 Å². The summed E-state index contributed by atoms with van der Waals surface area (Å²) in [7, 11) is 0. The molecule has 0 atom stereocenters. The van der Waals surface area contributed by atoms with Gasteiger partial charge in [0.15, 0.2) is 0 Å². The Morgan fingerprint density at radius 2 is 1.67 bits per heavy atom. The van der Waals surface area contributed by atoms with Crippen molar-refractivity contribution in [2.24, 2.45) is 0 Å². The van der Waals surface area contributed by atoms with Gasteiger partial charge in [0.25, 0.3) is 0 Å². The van der Waals surface area contributed by atoms with Crippen LogP contribution in [0.2, 0.25) is 0 Å². The monoisotopic (exact) mass is 374 g/mol. The number of ketones is 1. The minimum absolute atomic E-state index is 0.0428. The molecule has 136 valence electrons. The lowest BCUT2D eigenvalue weighted by Crippen LogP contribution is -2.11. The summed E-state index contributed by atoms with van der Waals surface area (Å²) in [6.07, 6.45) is 0. The summed E-state index contributed by atoms with van der Waals surface area (Å²) < 4.78 is 0. The highest BCUT2D eigenvalue weighted by molar-refractivity contribution is 7.18. The fourth-order valence-corrected chi connectivity index (χ4v) is 4.00. The zero-order valence-electron chi connectivity index (χ0n) is 16.0. The lowest BCUT2D eigenvalue weighted by atomic mass is 9.86. The number of benzene rings is 2. The summed E-state index contributed by atoms with van der Waals surface area (Å²) in [5, 5.41) is 13.5. The summed E-state index contributed by atoms with van der Waals surface area (Å²) in [6, 6.07) is 19.7. The molecule has 3 nitrogen and oxygen atoms in total. The summed E-state index contributed by atoms with van der Waals surface area (Å²) in [4.78, 5) is 13.6. The first-order valence-corrected chi connectivity index (χ1v) is 9.63. The number of rotatable bonds is 4. The highest BCUT2D eigenvalue weighted by Gasteiger charge is 2.22. The van der Waals surface area contributed by atoms with Crippen molar-refractivity contribution in [3.63, 3.8) is 0 Å². The molecule has 1 heterocycles. The average molecular weight is 375 g/mol. The van der Waals surface area contributed by atoms with E-state index >= 15 is 0 Å². The van der Waals surface area contributed by atoms with E-state index in [4.69, 9.17) is 0 Å². The number of carbonyl (C=O) groups excluding carboxylic acids is 1. The number of hydrogen-bond acceptors (Lipinski definition) is 4. The van der Waals surface area contributed by atoms with Crippen LogP contribution in [0.4, 0.5) is 10.7 Å². The number of hydrogen-bond donors (Lipinski definition) is 1. The maximum atomic E-state index is 13.0. The number of carbonyl (C=O) groups is 1. The second-order valence-corrected chi connectivity index (χ2v) is 8.54. The molecule has 0 spiro atoms. The van der Waals surface area contributed by atoms with Crippen molar-refractivity contribution in [3.8, 4) is 6.07 Å². The molecule has 0 radical (unpaired) electrons. The number of thiophene rings is 1. The SMILES string of the molecule is Cc1c(C(=O)c2ccc(C(C)(C)C)cc2)sc(Nc2ccccc2)c1C#N. The molecule has 0 fully saturated rings.